The van der Waals surface area contributed by atoms with Crippen molar-refractivity contribution in [1.82, 2.24) is 20.9 Å². The molecule has 0 bridgehead atoms. The maximum Gasteiger partial charge on any atom is 0.309 e. The molecule has 0 spiro atoms. The molecule has 1 aromatic rings. The lowest BCUT2D eigenvalue weighted by Gasteiger charge is -2.09. The van der Waals surface area contributed by atoms with Crippen molar-refractivity contribution in [3.05, 3.63) is 54.0 Å². The standard InChI is InChI=1S/C16H20N4O2/c21-15(19-9-5-13-3-1-7-17-11-13)16(22)20-10-6-14-4-2-8-18-12-14/h1-4,7,11-12,18H,5-6,8-10H2,(H,19,21)(H,20,22). The van der Waals surface area contributed by atoms with E-state index in [-0.39, 0.29) is 0 Å². The summed E-state index contributed by atoms with van der Waals surface area (Å²) in [5.74, 6) is -1.20. The molecule has 6 heteroatoms. The van der Waals surface area contributed by atoms with E-state index in [4.69, 9.17) is 0 Å². The molecule has 0 aliphatic carbocycles. The van der Waals surface area contributed by atoms with Gasteiger partial charge in [0.15, 0.2) is 0 Å². The molecule has 0 saturated heterocycles. The van der Waals surface area contributed by atoms with Gasteiger partial charge in [-0.2, -0.15) is 0 Å². The fourth-order valence-corrected chi connectivity index (χ4v) is 2.02. The number of amides is 2. The molecule has 3 N–H and O–H groups in total. The van der Waals surface area contributed by atoms with E-state index >= 15 is 0 Å². The van der Waals surface area contributed by atoms with Crippen LogP contribution >= 0.6 is 0 Å². The molecule has 116 valence electrons. The zero-order valence-electron chi connectivity index (χ0n) is 12.3. The van der Waals surface area contributed by atoms with Gasteiger partial charge in [0.1, 0.15) is 0 Å². The van der Waals surface area contributed by atoms with Crippen molar-refractivity contribution in [3.63, 3.8) is 0 Å². The summed E-state index contributed by atoms with van der Waals surface area (Å²) in [5.41, 5.74) is 2.12. The quantitative estimate of drug-likeness (QED) is 0.660. The fourth-order valence-electron chi connectivity index (χ4n) is 2.02. The van der Waals surface area contributed by atoms with E-state index in [1.807, 2.05) is 30.5 Å². The second-order valence-corrected chi connectivity index (χ2v) is 4.90. The van der Waals surface area contributed by atoms with Crippen molar-refractivity contribution in [1.29, 1.82) is 0 Å². The predicted molar refractivity (Wildman–Crippen MR) is 83.8 cm³/mol. The summed E-state index contributed by atoms with van der Waals surface area (Å²) in [5, 5.41) is 8.31. The third kappa shape index (κ3) is 5.40. The summed E-state index contributed by atoms with van der Waals surface area (Å²) < 4.78 is 0. The lowest BCUT2D eigenvalue weighted by molar-refractivity contribution is -0.139. The molecule has 2 heterocycles. The summed E-state index contributed by atoms with van der Waals surface area (Å²) in [6, 6.07) is 3.77. The lowest BCUT2D eigenvalue weighted by Crippen LogP contribution is -2.41. The number of nitrogens with one attached hydrogen (secondary N) is 3. The molecule has 0 fully saturated rings. The van der Waals surface area contributed by atoms with Gasteiger partial charge in [0.05, 0.1) is 0 Å². The first kappa shape index (κ1) is 15.8. The Morgan fingerprint density at radius 2 is 1.95 bits per heavy atom. The van der Waals surface area contributed by atoms with Crippen LogP contribution in [0.2, 0.25) is 0 Å². The molecular formula is C16H20N4O2. The Bertz CT molecular complexity index is 567. The molecule has 0 saturated carbocycles. The first-order valence-corrected chi connectivity index (χ1v) is 7.29. The Labute approximate surface area is 129 Å². The molecule has 0 atom stereocenters. The average molecular weight is 300 g/mol. The van der Waals surface area contributed by atoms with Gasteiger partial charge < -0.3 is 16.0 Å². The minimum atomic E-state index is -0.602. The normalized spacial score (nSPS) is 13.0. The number of allylic oxidation sites excluding steroid dienone is 1. The molecular weight excluding hydrogens is 280 g/mol. The number of rotatable bonds is 6. The third-order valence-corrected chi connectivity index (χ3v) is 3.18. The molecule has 6 nitrogen and oxygen atoms in total. The van der Waals surface area contributed by atoms with Crippen molar-refractivity contribution in [2.75, 3.05) is 19.6 Å². The van der Waals surface area contributed by atoms with Crippen molar-refractivity contribution in [2.45, 2.75) is 12.8 Å². The van der Waals surface area contributed by atoms with Gasteiger partial charge in [-0.15, -0.1) is 0 Å². The first-order valence-electron chi connectivity index (χ1n) is 7.29. The number of carbonyl (C=O) groups is 2. The molecule has 0 aromatic carbocycles. The van der Waals surface area contributed by atoms with E-state index < -0.39 is 11.8 Å². The molecule has 1 aliphatic rings. The largest absolute Gasteiger partial charge is 0.387 e. The minimum Gasteiger partial charge on any atom is -0.387 e. The van der Waals surface area contributed by atoms with Gasteiger partial charge in [-0.25, -0.2) is 0 Å². The molecule has 2 amide bonds. The Balaban J connectivity index is 1.61. The van der Waals surface area contributed by atoms with E-state index in [1.54, 1.807) is 12.4 Å². The topological polar surface area (TPSA) is 83.1 Å². The predicted octanol–water partition coefficient (Wildman–Crippen LogP) is 0.290. The van der Waals surface area contributed by atoms with Crippen LogP contribution < -0.4 is 16.0 Å². The summed E-state index contributed by atoms with van der Waals surface area (Å²) in [7, 11) is 0. The zero-order valence-corrected chi connectivity index (χ0v) is 12.3. The number of aromatic nitrogens is 1. The van der Waals surface area contributed by atoms with Gasteiger partial charge in [0.2, 0.25) is 0 Å². The number of pyridine rings is 1. The van der Waals surface area contributed by atoms with E-state index in [1.165, 1.54) is 0 Å². The van der Waals surface area contributed by atoms with Gasteiger partial charge in [-0.05, 0) is 36.2 Å². The van der Waals surface area contributed by atoms with Gasteiger partial charge in [-0.1, -0.05) is 18.2 Å². The van der Waals surface area contributed by atoms with E-state index in [0.29, 0.717) is 25.9 Å². The van der Waals surface area contributed by atoms with Crippen molar-refractivity contribution in [3.8, 4) is 0 Å². The lowest BCUT2D eigenvalue weighted by atomic mass is 10.1. The Kier molecular flexibility index (Phi) is 6.17. The molecule has 1 aliphatic heterocycles. The van der Waals surface area contributed by atoms with Crippen LogP contribution in [-0.4, -0.2) is 36.4 Å². The molecule has 2 rings (SSSR count). The minimum absolute atomic E-state index is 0.412. The highest BCUT2D eigenvalue weighted by atomic mass is 16.2. The highest BCUT2D eigenvalue weighted by Crippen LogP contribution is 2.03. The van der Waals surface area contributed by atoms with Crippen LogP contribution in [0.1, 0.15) is 12.0 Å². The van der Waals surface area contributed by atoms with Crippen molar-refractivity contribution >= 4 is 11.8 Å². The third-order valence-electron chi connectivity index (χ3n) is 3.18. The Hall–Kier alpha value is -2.63. The summed E-state index contributed by atoms with van der Waals surface area (Å²) in [6.07, 6.45) is 10.7. The van der Waals surface area contributed by atoms with Crippen molar-refractivity contribution in [2.24, 2.45) is 0 Å². The summed E-state index contributed by atoms with van der Waals surface area (Å²) in [4.78, 5) is 27.3. The van der Waals surface area contributed by atoms with Gasteiger partial charge >= 0.3 is 11.8 Å². The summed E-state index contributed by atoms with van der Waals surface area (Å²) >= 11 is 0. The molecule has 0 radical (unpaired) electrons. The van der Waals surface area contributed by atoms with Crippen LogP contribution in [0.15, 0.2) is 48.5 Å². The number of nitrogens with zero attached hydrogens (tertiary/aromatic N) is 1. The molecule has 22 heavy (non-hydrogen) atoms. The Morgan fingerprint density at radius 1 is 1.18 bits per heavy atom. The highest BCUT2D eigenvalue weighted by Gasteiger charge is 2.12. The molecule has 0 unspecified atom stereocenters. The Morgan fingerprint density at radius 3 is 2.59 bits per heavy atom. The number of carbonyl (C=O) groups excluding carboxylic acids is 2. The van der Waals surface area contributed by atoms with Crippen LogP contribution in [0.5, 0.6) is 0 Å². The smallest absolute Gasteiger partial charge is 0.309 e. The highest BCUT2D eigenvalue weighted by molar-refractivity contribution is 6.35. The number of dihydropyridines is 1. The summed E-state index contributed by atoms with van der Waals surface area (Å²) in [6.45, 7) is 1.68. The second kappa shape index (κ2) is 8.61. The van der Waals surface area contributed by atoms with E-state index in [9.17, 15) is 9.59 Å². The SMILES string of the molecule is O=C(NCCC1=CNCC=C1)C(=O)NCCc1cccnc1. The van der Waals surface area contributed by atoms with Gasteiger partial charge in [0.25, 0.3) is 0 Å². The van der Waals surface area contributed by atoms with E-state index in [2.05, 4.69) is 20.9 Å². The van der Waals surface area contributed by atoms with Crippen molar-refractivity contribution < 1.29 is 9.59 Å². The number of hydrogen-bond acceptors (Lipinski definition) is 4. The average Bonchev–Trinajstić information content (AvgIpc) is 2.56. The van der Waals surface area contributed by atoms with Crippen LogP contribution in [0.25, 0.3) is 0 Å². The molecule has 1 aromatic heterocycles. The van der Waals surface area contributed by atoms with Crippen LogP contribution in [0, 0.1) is 0 Å². The maximum atomic E-state index is 11.6. The monoisotopic (exact) mass is 300 g/mol. The van der Waals surface area contributed by atoms with Crippen LogP contribution in [0.4, 0.5) is 0 Å². The fraction of sp³-hybridized carbons (Fsp3) is 0.312. The van der Waals surface area contributed by atoms with Gasteiger partial charge in [-0.3, -0.25) is 14.6 Å². The van der Waals surface area contributed by atoms with E-state index in [0.717, 1.165) is 17.7 Å². The number of hydrogen-bond donors (Lipinski definition) is 3. The maximum absolute atomic E-state index is 11.6. The van der Waals surface area contributed by atoms with Gasteiger partial charge in [0, 0.05) is 32.0 Å². The second-order valence-electron chi connectivity index (χ2n) is 4.90. The van der Waals surface area contributed by atoms with Crippen LogP contribution in [-0.2, 0) is 16.0 Å². The first-order chi connectivity index (χ1) is 10.8. The van der Waals surface area contributed by atoms with Crippen LogP contribution in [0.3, 0.4) is 0 Å². The zero-order chi connectivity index (χ0) is 15.6.